The fourth-order valence-electron chi connectivity index (χ4n) is 2.22. The standard InChI is InChI=1S/C16H25Cl2NO/c1-3-5-6-7-8-9-15(19)12-10-14(18)16(20-4-2)11-13(12)17/h10-11,15H,3-9,19H2,1-2H3. The lowest BCUT2D eigenvalue weighted by atomic mass is 10.0. The molecule has 1 aromatic carbocycles. The molecule has 0 aliphatic heterocycles. The largest absolute Gasteiger partial charge is 0.492 e. The van der Waals surface area contributed by atoms with Crippen LogP contribution in [0.25, 0.3) is 0 Å². The molecule has 0 heterocycles. The number of nitrogens with two attached hydrogens (primary N) is 1. The van der Waals surface area contributed by atoms with E-state index in [1.54, 1.807) is 6.07 Å². The van der Waals surface area contributed by atoms with E-state index in [-0.39, 0.29) is 6.04 Å². The number of rotatable bonds is 9. The number of halogens is 2. The van der Waals surface area contributed by atoms with E-state index in [1.165, 1.54) is 25.7 Å². The van der Waals surface area contributed by atoms with Crippen LogP contribution in [0, 0.1) is 0 Å². The van der Waals surface area contributed by atoms with Crippen LogP contribution < -0.4 is 10.5 Å². The number of benzene rings is 1. The van der Waals surface area contributed by atoms with Gasteiger partial charge in [-0.3, -0.25) is 0 Å². The van der Waals surface area contributed by atoms with Crippen molar-refractivity contribution in [2.45, 2.75) is 58.4 Å². The molecule has 1 atom stereocenters. The molecule has 2 nitrogen and oxygen atoms in total. The summed E-state index contributed by atoms with van der Waals surface area (Å²) in [5.74, 6) is 0.623. The molecule has 0 bridgehead atoms. The van der Waals surface area contributed by atoms with Crippen LogP contribution in [0.4, 0.5) is 0 Å². The Kier molecular flexibility index (Phi) is 8.35. The molecule has 0 aliphatic rings. The van der Waals surface area contributed by atoms with Crippen molar-refractivity contribution >= 4 is 23.2 Å². The Morgan fingerprint density at radius 2 is 1.75 bits per heavy atom. The van der Waals surface area contributed by atoms with Gasteiger partial charge in [-0.1, -0.05) is 62.2 Å². The van der Waals surface area contributed by atoms with E-state index in [0.29, 0.717) is 22.4 Å². The van der Waals surface area contributed by atoms with Crippen molar-refractivity contribution in [3.63, 3.8) is 0 Å². The Labute approximate surface area is 132 Å². The van der Waals surface area contributed by atoms with Gasteiger partial charge in [0.15, 0.2) is 0 Å². The van der Waals surface area contributed by atoms with Crippen LogP contribution in [0.5, 0.6) is 5.75 Å². The maximum Gasteiger partial charge on any atom is 0.139 e. The second kappa shape index (κ2) is 9.49. The van der Waals surface area contributed by atoms with Gasteiger partial charge in [0, 0.05) is 17.1 Å². The third kappa shape index (κ3) is 5.51. The molecule has 2 N–H and O–H groups in total. The van der Waals surface area contributed by atoms with Crippen molar-refractivity contribution in [3.05, 3.63) is 27.7 Å². The predicted octanol–water partition coefficient (Wildman–Crippen LogP) is 5.75. The minimum absolute atomic E-state index is 0.0581. The molecular formula is C16H25Cl2NO. The highest BCUT2D eigenvalue weighted by Crippen LogP contribution is 2.34. The van der Waals surface area contributed by atoms with Gasteiger partial charge in [-0.15, -0.1) is 0 Å². The van der Waals surface area contributed by atoms with E-state index in [4.69, 9.17) is 33.7 Å². The zero-order valence-electron chi connectivity index (χ0n) is 12.4. The minimum atomic E-state index is -0.0581. The van der Waals surface area contributed by atoms with Gasteiger partial charge in [-0.25, -0.2) is 0 Å². The zero-order chi connectivity index (χ0) is 15.0. The maximum absolute atomic E-state index is 6.28. The average molecular weight is 318 g/mol. The van der Waals surface area contributed by atoms with Crippen LogP contribution in [0.15, 0.2) is 12.1 Å². The third-order valence-corrected chi connectivity index (χ3v) is 3.99. The van der Waals surface area contributed by atoms with Crippen molar-refractivity contribution in [3.8, 4) is 5.75 Å². The second-order valence-electron chi connectivity index (χ2n) is 5.05. The lowest BCUT2D eigenvalue weighted by Gasteiger charge is -2.16. The van der Waals surface area contributed by atoms with Gasteiger partial charge in [0.1, 0.15) is 5.75 Å². The summed E-state index contributed by atoms with van der Waals surface area (Å²) < 4.78 is 5.42. The predicted molar refractivity (Wildman–Crippen MR) is 87.9 cm³/mol. The number of ether oxygens (including phenoxy) is 1. The summed E-state index contributed by atoms with van der Waals surface area (Å²) in [5.41, 5.74) is 7.13. The molecule has 20 heavy (non-hydrogen) atoms. The van der Waals surface area contributed by atoms with Gasteiger partial charge in [0.05, 0.1) is 11.6 Å². The fraction of sp³-hybridized carbons (Fsp3) is 0.625. The normalized spacial score (nSPS) is 12.4. The maximum atomic E-state index is 6.28. The molecule has 0 radical (unpaired) electrons. The lowest BCUT2D eigenvalue weighted by molar-refractivity contribution is 0.340. The Morgan fingerprint density at radius 1 is 1.05 bits per heavy atom. The molecule has 0 fully saturated rings. The van der Waals surface area contributed by atoms with Crippen LogP contribution in [0.3, 0.4) is 0 Å². The van der Waals surface area contributed by atoms with E-state index in [2.05, 4.69) is 6.92 Å². The van der Waals surface area contributed by atoms with Crippen LogP contribution in [-0.2, 0) is 0 Å². The molecule has 0 aromatic heterocycles. The van der Waals surface area contributed by atoms with Crippen molar-refractivity contribution in [1.82, 2.24) is 0 Å². The average Bonchev–Trinajstić information content (AvgIpc) is 2.42. The van der Waals surface area contributed by atoms with Crippen LogP contribution >= 0.6 is 23.2 Å². The van der Waals surface area contributed by atoms with Crippen molar-refractivity contribution in [2.24, 2.45) is 5.73 Å². The molecule has 1 aromatic rings. The molecular weight excluding hydrogens is 293 g/mol. The molecule has 114 valence electrons. The van der Waals surface area contributed by atoms with Crippen molar-refractivity contribution in [2.75, 3.05) is 6.61 Å². The van der Waals surface area contributed by atoms with Gasteiger partial charge in [0.2, 0.25) is 0 Å². The monoisotopic (exact) mass is 317 g/mol. The summed E-state index contributed by atoms with van der Waals surface area (Å²) in [7, 11) is 0. The van der Waals surface area contributed by atoms with Gasteiger partial charge in [0.25, 0.3) is 0 Å². The highest BCUT2D eigenvalue weighted by atomic mass is 35.5. The number of unbranched alkanes of at least 4 members (excludes halogenated alkanes) is 4. The van der Waals surface area contributed by atoms with Gasteiger partial charge < -0.3 is 10.5 Å². The Balaban J connectivity index is 2.59. The smallest absolute Gasteiger partial charge is 0.139 e. The van der Waals surface area contributed by atoms with E-state index in [1.807, 2.05) is 13.0 Å². The molecule has 0 spiro atoms. The van der Waals surface area contributed by atoms with Gasteiger partial charge in [-0.2, -0.15) is 0 Å². The quantitative estimate of drug-likeness (QED) is 0.588. The molecule has 0 saturated heterocycles. The van der Waals surface area contributed by atoms with E-state index in [0.717, 1.165) is 18.4 Å². The minimum Gasteiger partial charge on any atom is -0.492 e. The van der Waals surface area contributed by atoms with Crippen LogP contribution in [-0.4, -0.2) is 6.61 Å². The summed E-state index contributed by atoms with van der Waals surface area (Å²) in [5, 5.41) is 1.21. The lowest BCUT2D eigenvalue weighted by Crippen LogP contribution is -2.11. The highest BCUT2D eigenvalue weighted by Gasteiger charge is 2.14. The van der Waals surface area contributed by atoms with Crippen molar-refractivity contribution in [1.29, 1.82) is 0 Å². The Hall–Kier alpha value is -0.440. The second-order valence-corrected chi connectivity index (χ2v) is 5.86. The van der Waals surface area contributed by atoms with Crippen LogP contribution in [0.1, 0.15) is 64.0 Å². The number of hydrogen-bond donors (Lipinski definition) is 1. The Morgan fingerprint density at radius 3 is 2.40 bits per heavy atom. The SMILES string of the molecule is CCCCCCCC(N)c1cc(Cl)c(OCC)cc1Cl. The summed E-state index contributed by atoms with van der Waals surface area (Å²) >= 11 is 12.5. The zero-order valence-corrected chi connectivity index (χ0v) is 13.9. The van der Waals surface area contributed by atoms with Gasteiger partial charge in [-0.05, 0) is 25.0 Å². The molecule has 0 amide bonds. The first-order valence-corrected chi connectivity index (χ1v) is 8.23. The Bertz CT molecular complexity index is 410. The first-order chi connectivity index (χ1) is 9.60. The molecule has 4 heteroatoms. The molecule has 0 aliphatic carbocycles. The van der Waals surface area contributed by atoms with E-state index in [9.17, 15) is 0 Å². The molecule has 1 rings (SSSR count). The van der Waals surface area contributed by atoms with Gasteiger partial charge >= 0.3 is 0 Å². The topological polar surface area (TPSA) is 35.2 Å². The first kappa shape index (κ1) is 17.6. The first-order valence-electron chi connectivity index (χ1n) is 7.47. The summed E-state index contributed by atoms with van der Waals surface area (Å²) in [6.45, 7) is 4.70. The van der Waals surface area contributed by atoms with Crippen molar-refractivity contribution < 1.29 is 4.74 Å². The molecule has 1 unspecified atom stereocenters. The van der Waals surface area contributed by atoms with Crippen LogP contribution in [0.2, 0.25) is 10.0 Å². The van der Waals surface area contributed by atoms with E-state index < -0.39 is 0 Å². The third-order valence-electron chi connectivity index (χ3n) is 3.37. The molecule has 0 saturated carbocycles. The van der Waals surface area contributed by atoms with E-state index >= 15 is 0 Å². The number of hydrogen-bond acceptors (Lipinski definition) is 2. The highest BCUT2D eigenvalue weighted by molar-refractivity contribution is 6.34. The summed E-state index contributed by atoms with van der Waals surface area (Å²) in [6.07, 6.45) is 7.12. The fourth-order valence-corrected chi connectivity index (χ4v) is 2.74. The summed E-state index contributed by atoms with van der Waals surface area (Å²) in [4.78, 5) is 0. The summed E-state index contributed by atoms with van der Waals surface area (Å²) in [6, 6.07) is 3.54.